The third kappa shape index (κ3) is 2.54. The Morgan fingerprint density at radius 3 is 2.38 bits per heavy atom. The average Bonchev–Trinajstić information content (AvgIpc) is 2.97. The van der Waals surface area contributed by atoms with E-state index in [0.717, 1.165) is 12.5 Å². The van der Waals surface area contributed by atoms with Crippen LogP contribution in [-0.2, 0) is 9.59 Å². The van der Waals surface area contributed by atoms with E-state index in [1.54, 1.807) is 0 Å². The van der Waals surface area contributed by atoms with Gasteiger partial charge in [0.1, 0.15) is 0 Å². The second-order valence-electron chi connectivity index (χ2n) is 5.16. The lowest BCUT2D eigenvalue weighted by Gasteiger charge is -2.42. The second-order valence-corrected chi connectivity index (χ2v) is 5.16. The lowest BCUT2D eigenvalue weighted by atomic mass is 9.65. The molecule has 0 unspecified atom stereocenters. The highest BCUT2D eigenvalue weighted by atomic mass is 16.4. The SMILES string of the molecule is O=C(O)CCC(=O)NCC1(C2CC2)CCC1. The second kappa shape index (κ2) is 4.44. The predicted octanol–water partition coefficient (Wildman–Crippen LogP) is 1.55. The van der Waals surface area contributed by atoms with Crippen molar-refractivity contribution in [2.45, 2.75) is 44.9 Å². The van der Waals surface area contributed by atoms with Gasteiger partial charge in [-0.25, -0.2) is 0 Å². The molecule has 0 aromatic heterocycles. The van der Waals surface area contributed by atoms with Crippen molar-refractivity contribution < 1.29 is 14.7 Å². The molecule has 4 nitrogen and oxygen atoms in total. The van der Waals surface area contributed by atoms with Gasteiger partial charge >= 0.3 is 5.97 Å². The first-order valence-corrected chi connectivity index (χ1v) is 6.11. The van der Waals surface area contributed by atoms with Gasteiger partial charge in [0.05, 0.1) is 6.42 Å². The highest BCUT2D eigenvalue weighted by molar-refractivity contribution is 5.80. The van der Waals surface area contributed by atoms with Crippen molar-refractivity contribution in [1.82, 2.24) is 5.32 Å². The molecule has 0 aromatic carbocycles. The van der Waals surface area contributed by atoms with Gasteiger partial charge in [0.15, 0.2) is 0 Å². The Hall–Kier alpha value is -1.06. The Labute approximate surface area is 95.4 Å². The third-order valence-electron chi connectivity index (χ3n) is 4.00. The molecule has 0 heterocycles. The number of nitrogens with one attached hydrogen (secondary N) is 1. The number of carbonyl (C=O) groups is 2. The fourth-order valence-corrected chi connectivity index (χ4v) is 2.64. The molecule has 1 amide bonds. The average molecular weight is 225 g/mol. The minimum absolute atomic E-state index is 0.0672. The van der Waals surface area contributed by atoms with Gasteiger partial charge in [-0.15, -0.1) is 0 Å². The van der Waals surface area contributed by atoms with Crippen LogP contribution in [0.4, 0.5) is 0 Å². The molecule has 0 atom stereocenters. The fourth-order valence-electron chi connectivity index (χ4n) is 2.64. The molecule has 2 fully saturated rings. The summed E-state index contributed by atoms with van der Waals surface area (Å²) < 4.78 is 0. The van der Waals surface area contributed by atoms with Crippen LogP contribution < -0.4 is 5.32 Å². The summed E-state index contributed by atoms with van der Waals surface area (Å²) in [5, 5.41) is 11.4. The number of carbonyl (C=O) groups excluding carboxylic acids is 1. The molecule has 2 saturated carbocycles. The Bertz CT molecular complexity index is 293. The van der Waals surface area contributed by atoms with Crippen LogP contribution in [0, 0.1) is 11.3 Å². The van der Waals surface area contributed by atoms with Crippen LogP contribution >= 0.6 is 0 Å². The molecule has 2 aliphatic carbocycles. The minimum Gasteiger partial charge on any atom is -0.481 e. The van der Waals surface area contributed by atoms with E-state index >= 15 is 0 Å². The molecule has 2 rings (SSSR count). The molecule has 0 radical (unpaired) electrons. The molecular formula is C12H19NO3. The van der Waals surface area contributed by atoms with Crippen LogP contribution in [0.2, 0.25) is 0 Å². The smallest absolute Gasteiger partial charge is 0.303 e. The first-order chi connectivity index (χ1) is 7.62. The lowest BCUT2D eigenvalue weighted by molar-refractivity contribution is -0.138. The molecule has 0 spiro atoms. The maximum Gasteiger partial charge on any atom is 0.303 e. The predicted molar refractivity (Wildman–Crippen MR) is 58.9 cm³/mol. The summed E-state index contributed by atoms with van der Waals surface area (Å²) in [5.74, 6) is -0.203. The summed E-state index contributed by atoms with van der Waals surface area (Å²) in [6, 6.07) is 0. The topological polar surface area (TPSA) is 66.4 Å². The highest BCUT2D eigenvalue weighted by Crippen LogP contribution is 2.56. The number of rotatable bonds is 6. The summed E-state index contributed by atoms with van der Waals surface area (Å²) in [6.07, 6.45) is 6.41. The maximum absolute atomic E-state index is 11.4. The molecule has 0 aromatic rings. The number of aliphatic carboxylic acids is 1. The molecular weight excluding hydrogens is 206 g/mol. The van der Waals surface area contributed by atoms with Crippen molar-refractivity contribution in [2.24, 2.45) is 11.3 Å². The van der Waals surface area contributed by atoms with Gasteiger partial charge in [0, 0.05) is 13.0 Å². The first kappa shape index (κ1) is 11.4. The van der Waals surface area contributed by atoms with Crippen LogP contribution in [0.25, 0.3) is 0 Å². The van der Waals surface area contributed by atoms with E-state index in [1.165, 1.54) is 32.1 Å². The van der Waals surface area contributed by atoms with E-state index in [-0.39, 0.29) is 18.7 Å². The molecule has 0 saturated heterocycles. The van der Waals surface area contributed by atoms with E-state index in [4.69, 9.17) is 5.11 Å². The summed E-state index contributed by atoms with van der Waals surface area (Å²) in [6.45, 7) is 0.760. The standard InChI is InChI=1S/C12H19NO3/c14-10(4-5-11(15)16)13-8-12(6-1-7-12)9-2-3-9/h9H,1-8H2,(H,13,14)(H,15,16). The Morgan fingerprint density at radius 1 is 1.25 bits per heavy atom. The Morgan fingerprint density at radius 2 is 1.94 bits per heavy atom. The number of hydrogen-bond donors (Lipinski definition) is 2. The zero-order valence-electron chi connectivity index (χ0n) is 9.50. The van der Waals surface area contributed by atoms with Crippen LogP contribution in [0.3, 0.4) is 0 Å². The van der Waals surface area contributed by atoms with E-state index in [9.17, 15) is 9.59 Å². The van der Waals surface area contributed by atoms with Crippen LogP contribution in [0.1, 0.15) is 44.9 Å². The van der Waals surface area contributed by atoms with Crippen molar-refractivity contribution >= 4 is 11.9 Å². The first-order valence-electron chi connectivity index (χ1n) is 6.11. The van der Waals surface area contributed by atoms with E-state index in [1.807, 2.05) is 0 Å². The molecule has 90 valence electrons. The van der Waals surface area contributed by atoms with Gasteiger partial charge in [-0.1, -0.05) is 6.42 Å². The van der Waals surface area contributed by atoms with E-state index < -0.39 is 5.97 Å². The lowest BCUT2D eigenvalue weighted by Crippen LogP contribution is -2.43. The minimum atomic E-state index is -0.907. The maximum atomic E-state index is 11.4. The molecule has 0 bridgehead atoms. The van der Waals surface area contributed by atoms with Crippen molar-refractivity contribution in [2.75, 3.05) is 6.54 Å². The van der Waals surface area contributed by atoms with Crippen LogP contribution in [-0.4, -0.2) is 23.5 Å². The summed E-state index contributed by atoms with van der Waals surface area (Å²) in [7, 11) is 0. The van der Waals surface area contributed by atoms with Gasteiger partial charge in [-0.2, -0.15) is 0 Å². The molecule has 4 heteroatoms. The summed E-state index contributed by atoms with van der Waals surface area (Å²) in [4.78, 5) is 21.7. The molecule has 0 aliphatic heterocycles. The number of amides is 1. The molecule has 2 N–H and O–H groups in total. The summed E-state index contributed by atoms with van der Waals surface area (Å²) in [5.41, 5.74) is 0.374. The van der Waals surface area contributed by atoms with Crippen molar-refractivity contribution in [1.29, 1.82) is 0 Å². The molecule has 16 heavy (non-hydrogen) atoms. The fraction of sp³-hybridized carbons (Fsp3) is 0.833. The largest absolute Gasteiger partial charge is 0.481 e. The van der Waals surface area contributed by atoms with Crippen molar-refractivity contribution in [3.8, 4) is 0 Å². The van der Waals surface area contributed by atoms with Crippen molar-refractivity contribution in [3.63, 3.8) is 0 Å². The van der Waals surface area contributed by atoms with Gasteiger partial charge in [-0.05, 0) is 37.0 Å². The number of carboxylic acid groups (broad SMARTS) is 1. The number of hydrogen-bond acceptors (Lipinski definition) is 2. The highest BCUT2D eigenvalue weighted by Gasteiger charge is 2.48. The Kier molecular flexibility index (Phi) is 3.17. The monoisotopic (exact) mass is 225 g/mol. The quantitative estimate of drug-likeness (QED) is 0.720. The van der Waals surface area contributed by atoms with Gasteiger partial charge < -0.3 is 10.4 Å². The third-order valence-corrected chi connectivity index (χ3v) is 4.00. The zero-order valence-corrected chi connectivity index (χ0v) is 9.50. The zero-order chi connectivity index (χ0) is 11.6. The normalized spacial score (nSPS) is 22.2. The summed E-state index contributed by atoms with van der Waals surface area (Å²) >= 11 is 0. The van der Waals surface area contributed by atoms with Gasteiger partial charge in [-0.3, -0.25) is 9.59 Å². The number of carboxylic acids is 1. The van der Waals surface area contributed by atoms with Gasteiger partial charge in [0.2, 0.25) is 5.91 Å². The van der Waals surface area contributed by atoms with Crippen LogP contribution in [0.15, 0.2) is 0 Å². The van der Waals surface area contributed by atoms with Crippen molar-refractivity contribution in [3.05, 3.63) is 0 Å². The van der Waals surface area contributed by atoms with Gasteiger partial charge in [0.25, 0.3) is 0 Å². The van der Waals surface area contributed by atoms with Crippen LogP contribution in [0.5, 0.6) is 0 Å². The molecule has 2 aliphatic rings. The van der Waals surface area contributed by atoms with E-state index in [0.29, 0.717) is 5.41 Å². The Balaban J connectivity index is 1.69. The van der Waals surface area contributed by atoms with E-state index in [2.05, 4.69) is 5.32 Å².